The van der Waals surface area contributed by atoms with Crippen LogP contribution in [0.3, 0.4) is 0 Å². The van der Waals surface area contributed by atoms with Gasteiger partial charge in [0.15, 0.2) is 5.13 Å². The highest BCUT2D eigenvalue weighted by atomic mass is 32.2. The fourth-order valence-electron chi connectivity index (χ4n) is 6.78. The monoisotopic (exact) mass is 868 g/mol. The molecule has 0 radical (unpaired) electrons. The van der Waals surface area contributed by atoms with Gasteiger partial charge in [-0.25, -0.2) is 9.97 Å². The normalized spacial score (nSPS) is 17.5. The third-order valence-corrected chi connectivity index (χ3v) is 12.1. The first-order chi connectivity index (χ1) is 28.9. The minimum absolute atomic E-state index is 0.0519. The summed E-state index contributed by atoms with van der Waals surface area (Å²) in [6.07, 6.45) is 4.99. The lowest BCUT2D eigenvalue weighted by Gasteiger charge is -2.30. The van der Waals surface area contributed by atoms with Crippen LogP contribution in [0, 0.1) is 5.92 Å². The van der Waals surface area contributed by atoms with Crippen molar-refractivity contribution in [3.05, 3.63) is 53.4 Å². The molecule has 2 fully saturated rings. The van der Waals surface area contributed by atoms with E-state index in [0.717, 1.165) is 14.9 Å². The van der Waals surface area contributed by atoms with Crippen LogP contribution in [0.25, 0.3) is 0 Å². The van der Waals surface area contributed by atoms with E-state index < -0.39 is 29.7 Å². The number of benzene rings is 1. The molecule has 0 bridgehead atoms. The molecule has 3 aliphatic rings. The van der Waals surface area contributed by atoms with Crippen LogP contribution in [-0.4, -0.2) is 134 Å². The molecule has 2 aromatic heterocycles. The van der Waals surface area contributed by atoms with E-state index in [9.17, 15) is 28.8 Å². The van der Waals surface area contributed by atoms with Crippen LogP contribution in [0.4, 0.5) is 10.8 Å². The molecule has 2 saturated heterocycles. The fraction of sp³-hybridized carbons (Fsp3) is 0.550. The predicted octanol–water partition coefficient (Wildman–Crippen LogP) is 3.05. The fourth-order valence-corrected chi connectivity index (χ4v) is 8.51. The Hall–Kier alpha value is -4.73. The number of carbonyl (C=O) groups is 6. The van der Waals surface area contributed by atoms with E-state index in [4.69, 9.17) is 18.6 Å². The van der Waals surface area contributed by atoms with E-state index in [1.165, 1.54) is 11.3 Å². The molecule has 5 heterocycles. The molecule has 324 valence electrons. The second kappa shape index (κ2) is 21.2. The first kappa shape index (κ1) is 44.8. The zero-order chi connectivity index (χ0) is 42.6. The van der Waals surface area contributed by atoms with E-state index in [0.29, 0.717) is 101 Å². The van der Waals surface area contributed by atoms with Gasteiger partial charge in [-0.1, -0.05) is 38.2 Å². The Balaban J connectivity index is 0.749. The number of rotatable bonds is 21. The van der Waals surface area contributed by atoms with Crippen molar-refractivity contribution in [2.45, 2.75) is 67.9 Å². The third-order valence-electron chi connectivity index (χ3n) is 10.0. The van der Waals surface area contributed by atoms with E-state index in [-0.39, 0.29) is 53.7 Å². The van der Waals surface area contributed by atoms with Crippen LogP contribution in [0.5, 0.6) is 0 Å². The molecule has 1 aromatic carbocycles. The number of nitrogens with zero attached hydrogens (tertiary/aromatic N) is 4. The quantitative estimate of drug-likeness (QED) is 0.0686. The highest BCUT2D eigenvalue weighted by Crippen LogP contribution is 2.34. The predicted molar refractivity (Wildman–Crippen MR) is 222 cm³/mol. The number of ether oxygens (including phenoxy) is 3. The second-order valence-corrected chi connectivity index (χ2v) is 17.8. The minimum atomic E-state index is -1.02. The molecule has 0 aliphatic carbocycles. The molecular formula is C40H52N8O10S2. The minimum Gasteiger partial charge on any atom is -0.444 e. The summed E-state index contributed by atoms with van der Waals surface area (Å²) in [4.78, 5) is 87.2. The van der Waals surface area contributed by atoms with Crippen molar-refractivity contribution in [2.75, 3.05) is 83.0 Å². The summed E-state index contributed by atoms with van der Waals surface area (Å²) in [5.74, 6) is -0.417. The number of hydrogen-bond donors (Lipinski definition) is 4. The molecule has 60 heavy (non-hydrogen) atoms. The topological polar surface area (TPSA) is 224 Å². The number of likely N-dealkylation sites (tertiary alicyclic amines) is 1. The van der Waals surface area contributed by atoms with Crippen molar-refractivity contribution >= 4 is 69.4 Å². The first-order valence-corrected chi connectivity index (χ1v) is 21.8. The summed E-state index contributed by atoms with van der Waals surface area (Å²) < 4.78 is 23.5. The molecule has 20 heteroatoms. The number of carbonyl (C=O) groups excluding carboxylic acids is 6. The summed E-state index contributed by atoms with van der Waals surface area (Å²) >= 11 is 2.99. The Morgan fingerprint density at radius 3 is 2.35 bits per heavy atom. The van der Waals surface area contributed by atoms with Gasteiger partial charge in [-0.2, -0.15) is 0 Å². The molecule has 18 nitrogen and oxygen atoms in total. The van der Waals surface area contributed by atoms with Gasteiger partial charge >= 0.3 is 0 Å². The average molecular weight is 869 g/mol. The summed E-state index contributed by atoms with van der Waals surface area (Å²) in [6.45, 7) is 10.6. The first-order valence-electron chi connectivity index (χ1n) is 20.0. The van der Waals surface area contributed by atoms with E-state index >= 15 is 0 Å². The number of imide groups is 2. The molecule has 3 aliphatic heterocycles. The number of oxazole rings is 1. The standard InChI is InChI=1S/C40H52N8O10S2/c1-40(2,3)29-21-43-32(58-29)24-59-33-22-44-39(60-33)46-35(51)25-9-13-47(14-10-25)23-31(50)42-12-16-56-18-20-57-19-17-55-15-11-41-27-6-4-5-26-34(27)38(54)48(37(26)53)28-7-8-30(49)45-36(28)52/h4-6,21-22,25,28,41H,7-20,23-24H2,1-3H3,(H,42,50)(H,44,46,51)(H,45,49,52). The van der Waals surface area contributed by atoms with E-state index in [2.05, 4.69) is 52.0 Å². The molecule has 1 unspecified atom stereocenters. The zero-order valence-corrected chi connectivity index (χ0v) is 35.7. The van der Waals surface area contributed by atoms with Crippen molar-refractivity contribution in [2.24, 2.45) is 5.92 Å². The number of thioether (sulfide) groups is 1. The molecule has 4 N–H and O–H groups in total. The summed E-state index contributed by atoms with van der Waals surface area (Å²) in [6, 6.07) is 3.86. The van der Waals surface area contributed by atoms with Crippen molar-refractivity contribution in [3.8, 4) is 0 Å². The molecule has 1 atom stereocenters. The Labute approximate surface area is 356 Å². The number of thiazole rings is 1. The lowest BCUT2D eigenvalue weighted by molar-refractivity contribution is -0.136. The number of anilines is 2. The third kappa shape index (κ3) is 12.2. The van der Waals surface area contributed by atoms with Gasteiger partial charge in [-0.15, -0.1) is 11.8 Å². The van der Waals surface area contributed by atoms with Gasteiger partial charge in [0.25, 0.3) is 11.8 Å². The molecule has 0 saturated carbocycles. The van der Waals surface area contributed by atoms with Crippen LogP contribution in [-0.2, 0) is 44.6 Å². The van der Waals surface area contributed by atoms with Crippen molar-refractivity contribution in [1.29, 1.82) is 0 Å². The van der Waals surface area contributed by atoms with Crippen LogP contribution < -0.4 is 21.3 Å². The van der Waals surface area contributed by atoms with E-state index in [1.54, 1.807) is 42.4 Å². The van der Waals surface area contributed by atoms with Gasteiger partial charge in [0.1, 0.15) is 11.8 Å². The van der Waals surface area contributed by atoms with Gasteiger partial charge in [0.05, 0.1) is 79.7 Å². The van der Waals surface area contributed by atoms with Gasteiger partial charge in [-0.05, 0) is 44.5 Å². The smallest absolute Gasteiger partial charge is 0.264 e. The van der Waals surface area contributed by atoms with Crippen LogP contribution in [0.15, 0.2) is 39.2 Å². The highest BCUT2D eigenvalue weighted by Gasteiger charge is 2.45. The highest BCUT2D eigenvalue weighted by molar-refractivity contribution is 8.00. The van der Waals surface area contributed by atoms with Crippen LogP contribution in [0.2, 0.25) is 0 Å². The maximum Gasteiger partial charge on any atom is 0.264 e. The lowest BCUT2D eigenvalue weighted by Crippen LogP contribution is -2.54. The van der Waals surface area contributed by atoms with Gasteiger partial charge in [0.2, 0.25) is 29.5 Å². The average Bonchev–Trinajstić information content (AvgIpc) is 3.95. The molecule has 0 spiro atoms. The Morgan fingerprint density at radius 2 is 1.65 bits per heavy atom. The van der Waals surface area contributed by atoms with Gasteiger partial charge in [0, 0.05) is 36.5 Å². The van der Waals surface area contributed by atoms with Gasteiger partial charge in [-0.3, -0.25) is 43.9 Å². The Bertz CT molecular complexity index is 2010. The number of amides is 6. The van der Waals surface area contributed by atoms with Crippen molar-refractivity contribution in [1.82, 2.24) is 30.4 Å². The summed E-state index contributed by atoms with van der Waals surface area (Å²) in [5, 5.41) is 11.7. The van der Waals surface area contributed by atoms with Gasteiger partial charge < -0.3 is 34.6 Å². The number of piperidine rings is 2. The van der Waals surface area contributed by atoms with Crippen molar-refractivity contribution < 1.29 is 47.4 Å². The molecule has 6 rings (SSSR count). The van der Waals surface area contributed by atoms with Crippen LogP contribution >= 0.6 is 23.1 Å². The van der Waals surface area contributed by atoms with Crippen LogP contribution in [0.1, 0.15) is 78.8 Å². The number of nitrogens with one attached hydrogen (secondary N) is 4. The molecular weight excluding hydrogens is 817 g/mol. The lowest BCUT2D eigenvalue weighted by atomic mass is 9.94. The summed E-state index contributed by atoms with van der Waals surface area (Å²) in [7, 11) is 0. The SMILES string of the molecule is CC(C)(C)c1cnc(CSc2cnc(NC(=O)C3CCN(CC(=O)NCCOCCOCCOCCNc4cccc5c4C(=O)N(C4CCC(=O)NC4=O)C5=O)CC3)s2)o1. The molecule has 3 aromatic rings. The second-order valence-electron chi connectivity index (χ2n) is 15.5. The van der Waals surface area contributed by atoms with Crippen molar-refractivity contribution in [3.63, 3.8) is 0 Å². The Kier molecular flexibility index (Phi) is 15.8. The number of aromatic nitrogens is 2. The maximum absolute atomic E-state index is 13.2. The summed E-state index contributed by atoms with van der Waals surface area (Å²) in [5.41, 5.74) is 0.766. The zero-order valence-electron chi connectivity index (χ0n) is 34.0. The maximum atomic E-state index is 13.2. The largest absolute Gasteiger partial charge is 0.444 e. The Morgan fingerprint density at radius 1 is 0.933 bits per heavy atom. The number of fused-ring (bicyclic) bond motifs is 1. The van der Waals surface area contributed by atoms with E-state index in [1.807, 2.05) is 4.90 Å². The number of hydrogen-bond acceptors (Lipinski definition) is 16. The molecule has 6 amide bonds.